The number of anilines is 1. The zero-order chi connectivity index (χ0) is 11.3. The highest BCUT2D eigenvalue weighted by Gasteiger charge is 2.24. The Morgan fingerprint density at radius 2 is 2.19 bits per heavy atom. The molecule has 1 saturated carbocycles. The standard InChI is InChI=1S/C11H11FIN3/c12-7-4-10-9(5-8(7)13)15-11(14)16(10)6-2-1-3-6/h4-6H,1-3H2,(H2,14,15). The lowest BCUT2D eigenvalue weighted by Gasteiger charge is -2.28. The average molecular weight is 331 g/mol. The van der Waals surface area contributed by atoms with Crippen LogP contribution in [0.5, 0.6) is 0 Å². The summed E-state index contributed by atoms with van der Waals surface area (Å²) < 4.78 is 16.1. The fourth-order valence-corrected chi connectivity index (χ4v) is 2.59. The number of fused-ring (bicyclic) bond motifs is 1. The second-order valence-corrected chi connectivity index (χ2v) is 5.34. The van der Waals surface area contributed by atoms with Gasteiger partial charge in [-0.3, -0.25) is 0 Å². The highest BCUT2D eigenvalue weighted by molar-refractivity contribution is 14.1. The predicted molar refractivity (Wildman–Crippen MR) is 69.7 cm³/mol. The van der Waals surface area contributed by atoms with Crippen molar-refractivity contribution in [2.75, 3.05) is 5.73 Å². The number of imidazole rings is 1. The van der Waals surface area contributed by atoms with Gasteiger partial charge in [-0.1, -0.05) is 0 Å². The molecule has 0 amide bonds. The Morgan fingerprint density at radius 1 is 1.44 bits per heavy atom. The van der Waals surface area contributed by atoms with E-state index in [4.69, 9.17) is 5.73 Å². The summed E-state index contributed by atoms with van der Waals surface area (Å²) in [5.74, 6) is 0.301. The fourth-order valence-electron chi connectivity index (χ4n) is 2.14. The van der Waals surface area contributed by atoms with E-state index in [1.165, 1.54) is 6.42 Å². The summed E-state index contributed by atoms with van der Waals surface area (Å²) in [5, 5.41) is 0. The van der Waals surface area contributed by atoms with Crippen LogP contribution in [0.1, 0.15) is 25.3 Å². The van der Waals surface area contributed by atoms with Gasteiger partial charge in [0.2, 0.25) is 5.95 Å². The number of hydrogen-bond acceptors (Lipinski definition) is 2. The first-order chi connectivity index (χ1) is 7.66. The molecule has 1 aliphatic rings. The summed E-state index contributed by atoms with van der Waals surface area (Å²) in [4.78, 5) is 4.29. The SMILES string of the molecule is Nc1nc2cc(I)c(F)cc2n1C1CCC1. The number of benzene rings is 1. The minimum atomic E-state index is -0.200. The minimum absolute atomic E-state index is 0.200. The highest BCUT2D eigenvalue weighted by Crippen LogP contribution is 2.36. The van der Waals surface area contributed by atoms with Crippen LogP contribution in [0.2, 0.25) is 0 Å². The van der Waals surface area contributed by atoms with Crippen molar-refractivity contribution in [3.8, 4) is 0 Å². The number of aromatic nitrogens is 2. The summed E-state index contributed by atoms with van der Waals surface area (Å²) in [7, 11) is 0. The molecule has 84 valence electrons. The van der Waals surface area contributed by atoms with E-state index in [9.17, 15) is 4.39 Å². The van der Waals surface area contributed by atoms with Crippen molar-refractivity contribution in [2.24, 2.45) is 0 Å². The van der Waals surface area contributed by atoms with Gasteiger partial charge in [-0.05, 0) is 47.9 Å². The lowest BCUT2D eigenvalue weighted by atomic mass is 9.93. The third-order valence-electron chi connectivity index (χ3n) is 3.20. The number of nitrogens with zero attached hydrogens (tertiary/aromatic N) is 2. The molecular formula is C11H11FIN3. The molecule has 3 rings (SSSR count). The molecule has 0 spiro atoms. The molecule has 0 atom stereocenters. The van der Waals surface area contributed by atoms with Crippen molar-refractivity contribution < 1.29 is 4.39 Å². The number of nitrogen functional groups attached to an aromatic ring is 1. The molecule has 1 aliphatic carbocycles. The van der Waals surface area contributed by atoms with Gasteiger partial charge in [-0.25, -0.2) is 9.37 Å². The molecule has 2 N–H and O–H groups in total. The van der Waals surface area contributed by atoms with E-state index < -0.39 is 0 Å². The number of hydrogen-bond donors (Lipinski definition) is 1. The first-order valence-corrected chi connectivity index (χ1v) is 6.37. The summed E-state index contributed by atoms with van der Waals surface area (Å²) in [5.41, 5.74) is 7.50. The van der Waals surface area contributed by atoms with Gasteiger partial charge in [0.1, 0.15) is 5.82 Å². The largest absolute Gasteiger partial charge is 0.369 e. The molecule has 5 heteroatoms. The van der Waals surface area contributed by atoms with Crippen LogP contribution in [-0.4, -0.2) is 9.55 Å². The van der Waals surface area contributed by atoms with Crippen LogP contribution in [0.4, 0.5) is 10.3 Å². The van der Waals surface area contributed by atoms with Crippen LogP contribution in [0.25, 0.3) is 11.0 Å². The van der Waals surface area contributed by atoms with Crippen molar-refractivity contribution in [3.63, 3.8) is 0 Å². The molecule has 0 saturated heterocycles. The van der Waals surface area contributed by atoms with Crippen molar-refractivity contribution in [1.82, 2.24) is 9.55 Å². The van der Waals surface area contributed by atoms with Crippen LogP contribution >= 0.6 is 22.6 Å². The Labute approximate surface area is 106 Å². The number of rotatable bonds is 1. The van der Waals surface area contributed by atoms with E-state index in [0.717, 1.165) is 23.9 Å². The van der Waals surface area contributed by atoms with E-state index in [0.29, 0.717) is 15.6 Å². The normalized spacial score (nSPS) is 16.6. The van der Waals surface area contributed by atoms with E-state index in [-0.39, 0.29) is 5.82 Å². The molecule has 16 heavy (non-hydrogen) atoms. The Balaban J connectivity index is 2.26. The molecule has 0 unspecified atom stereocenters. The Hall–Kier alpha value is -0.850. The lowest BCUT2D eigenvalue weighted by molar-refractivity contribution is 0.324. The second-order valence-electron chi connectivity index (χ2n) is 4.18. The molecule has 0 radical (unpaired) electrons. The maximum atomic E-state index is 13.5. The summed E-state index contributed by atoms with van der Waals surface area (Å²) in [6.07, 6.45) is 3.45. The summed E-state index contributed by atoms with van der Waals surface area (Å²) in [6.45, 7) is 0. The van der Waals surface area contributed by atoms with Crippen LogP contribution in [0, 0.1) is 9.39 Å². The van der Waals surface area contributed by atoms with Gasteiger partial charge in [0.05, 0.1) is 14.6 Å². The Bertz CT molecular complexity index is 560. The molecule has 1 aromatic heterocycles. The molecule has 0 aliphatic heterocycles. The van der Waals surface area contributed by atoms with Crippen molar-refractivity contribution in [1.29, 1.82) is 0 Å². The van der Waals surface area contributed by atoms with E-state index in [1.54, 1.807) is 12.1 Å². The topological polar surface area (TPSA) is 43.8 Å². The Kier molecular flexibility index (Phi) is 2.31. The highest BCUT2D eigenvalue weighted by atomic mass is 127. The summed E-state index contributed by atoms with van der Waals surface area (Å²) in [6, 6.07) is 3.69. The molecule has 3 nitrogen and oxygen atoms in total. The average Bonchev–Trinajstić information content (AvgIpc) is 2.43. The molecule has 1 aromatic carbocycles. The summed E-state index contributed by atoms with van der Waals surface area (Å²) >= 11 is 1.97. The van der Waals surface area contributed by atoms with E-state index in [1.807, 2.05) is 27.2 Å². The quantitative estimate of drug-likeness (QED) is 0.816. The predicted octanol–water partition coefficient (Wildman–Crippen LogP) is 3.09. The molecule has 0 bridgehead atoms. The number of halogens is 2. The molecular weight excluding hydrogens is 320 g/mol. The minimum Gasteiger partial charge on any atom is -0.369 e. The van der Waals surface area contributed by atoms with Gasteiger partial charge in [-0.2, -0.15) is 0 Å². The first kappa shape index (κ1) is 10.3. The van der Waals surface area contributed by atoms with E-state index >= 15 is 0 Å². The van der Waals surface area contributed by atoms with Gasteiger partial charge >= 0.3 is 0 Å². The molecule has 1 fully saturated rings. The van der Waals surface area contributed by atoms with Crippen molar-refractivity contribution in [3.05, 3.63) is 21.5 Å². The monoisotopic (exact) mass is 331 g/mol. The van der Waals surface area contributed by atoms with Crippen LogP contribution in [0.3, 0.4) is 0 Å². The maximum absolute atomic E-state index is 13.5. The third-order valence-corrected chi connectivity index (χ3v) is 4.03. The molecule has 1 heterocycles. The van der Waals surface area contributed by atoms with Gasteiger partial charge in [0.25, 0.3) is 0 Å². The Morgan fingerprint density at radius 3 is 2.81 bits per heavy atom. The van der Waals surface area contributed by atoms with Gasteiger partial charge in [0.15, 0.2) is 0 Å². The third kappa shape index (κ3) is 1.41. The van der Waals surface area contributed by atoms with Crippen LogP contribution in [0.15, 0.2) is 12.1 Å². The van der Waals surface area contributed by atoms with Gasteiger partial charge in [-0.15, -0.1) is 0 Å². The van der Waals surface area contributed by atoms with Crippen molar-refractivity contribution in [2.45, 2.75) is 25.3 Å². The van der Waals surface area contributed by atoms with E-state index in [2.05, 4.69) is 4.98 Å². The number of nitrogens with two attached hydrogens (primary N) is 1. The van der Waals surface area contributed by atoms with Crippen LogP contribution in [-0.2, 0) is 0 Å². The van der Waals surface area contributed by atoms with Crippen LogP contribution < -0.4 is 5.73 Å². The lowest BCUT2D eigenvalue weighted by Crippen LogP contribution is -2.18. The maximum Gasteiger partial charge on any atom is 0.201 e. The molecule has 2 aromatic rings. The smallest absolute Gasteiger partial charge is 0.201 e. The zero-order valence-electron chi connectivity index (χ0n) is 8.58. The second kappa shape index (κ2) is 3.58. The zero-order valence-corrected chi connectivity index (χ0v) is 10.7. The van der Waals surface area contributed by atoms with Gasteiger partial charge < -0.3 is 10.3 Å². The fraction of sp³-hybridized carbons (Fsp3) is 0.364. The van der Waals surface area contributed by atoms with Gasteiger partial charge in [0, 0.05) is 12.1 Å². The van der Waals surface area contributed by atoms with Crippen molar-refractivity contribution >= 4 is 39.6 Å². The first-order valence-electron chi connectivity index (χ1n) is 5.29.